The molecule has 1 atom stereocenters. The Morgan fingerprint density at radius 3 is 2.45 bits per heavy atom. The molecule has 0 radical (unpaired) electrons. The van der Waals surface area contributed by atoms with Crippen molar-refractivity contribution in [3.63, 3.8) is 0 Å². The summed E-state index contributed by atoms with van der Waals surface area (Å²) in [6.45, 7) is 0.425. The highest BCUT2D eigenvalue weighted by Crippen LogP contribution is 2.18. The molecule has 1 aliphatic carbocycles. The van der Waals surface area contributed by atoms with Gasteiger partial charge < -0.3 is 15.0 Å². The number of amides is 2. The van der Waals surface area contributed by atoms with Crippen LogP contribution < -0.4 is 10.0 Å². The molecule has 8 nitrogen and oxygen atoms in total. The number of carbonyl (C=O) groups is 2. The van der Waals surface area contributed by atoms with E-state index in [1.807, 2.05) is 0 Å². The van der Waals surface area contributed by atoms with E-state index in [2.05, 4.69) is 10.0 Å². The van der Waals surface area contributed by atoms with E-state index in [4.69, 9.17) is 4.74 Å². The zero-order chi connectivity index (χ0) is 20.7. The number of rotatable bonds is 9. The number of nitrogens with zero attached hydrogens (tertiary/aromatic N) is 1. The average Bonchev–Trinajstić information content (AvgIpc) is 3.40. The first-order valence-corrected chi connectivity index (χ1v) is 11.7. The van der Waals surface area contributed by atoms with Gasteiger partial charge >= 0.3 is 0 Å². The summed E-state index contributed by atoms with van der Waals surface area (Å²) in [6, 6.07) is 8.05. The Kier molecular flexibility index (Phi) is 7.63. The lowest BCUT2D eigenvalue weighted by molar-refractivity contribution is -0.136. The van der Waals surface area contributed by atoms with E-state index in [1.54, 1.807) is 18.2 Å². The van der Waals surface area contributed by atoms with E-state index in [-0.39, 0.29) is 36.0 Å². The van der Waals surface area contributed by atoms with Crippen LogP contribution in [0, 0.1) is 0 Å². The molecule has 2 fully saturated rings. The van der Waals surface area contributed by atoms with Crippen molar-refractivity contribution >= 4 is 21.8 Å². The third kappa shape index (κ3) is 6.52. The number of carbonyl (C=O) groups excluding carboxylic acids is 2. The highest BCUT2D eigenvalue weighted by atomic mass is 32.2. The predicted molar refractivity (Wildman–Crippen MR) is 108 cm³/mol. The fourth-order valence-electron chi connectivity index (χ4n) is 3.76. The van der Waals surface area contributed by atoms with Crippen molar-refractivity contribution in [2.45, 2.75) is 55.6 Å². The normalized spacial score (nSPS) is 19.9. The van der Waals surface area contributed by atoms with Crippen LogP contribution in [0.1, 0.15) is 38.5 Å². The highest BCUT2D eigenvalue weighted by molar-refractivity contribution is 7.89. The molecule has 0 spiro atoms. The minimum atomic E-state index is -3.79. The number of hydrogen-bond acceptors (Lipinski definition) is 5. The molecule has 9 heteroatoms. The minimum absolute atomic E-state index is 0.0949. The van der Waals surface area contributed by atoms with E-state index in [0.717, 1.165) is 38.5 Å². The summed E-state index contributed by atoms with van der Waals surface area (Å²) in [5, 5.41) is 2.98. The van der Waals surface area contributed by atoms with Gasteiger partial charge in [-0.15, -0.1) is 0 Å². The van der Waals surface area contributed by atoms with Gasteiger partial charge in [0.2, 0.25) is 21.8 Å². The summed E-state index contributed by atoms with van der Waals surface area (Å²) in [7, 11) is -3.79. The van der Waals surface area contributed by atoms with Gasteiger partial charge in [-0.1, -0.05) is 31.0 Å². The molecule has 2 amide bonds. The first-order valence-electron chi connectivity index (χ1n) is 10.2. The zero-order valence-corrected chi connectivity index (χ0v) is 17.3. The SMILES string of the molecule is O=C(CN(CC1CCCO1)C(=O)CNS(=O)(=O)c1ccccc1)NC1CCCC1. The van der Waals surface area contributed by atoms with Crippen LogP contribution in [0.3, 0.4) is 0 Å². The molecule has 160 valence electrons. The van der Waals surface area contributed by atoms with Crippen LogP contribution in [0.15, 0.2) is 35.2 Å². The van der Waals surface area contributed by atoms with Gasteiger partial charge in [-0.05, 0) is 37.8 Å². The van der Waals surface area contributed by atoms with Crippen LogP contribution in [-0.2, 0) is 24.3 Å². The van der Waals surface area contributed by atoms with Gasteiger partial charge in [0.15, 0.2) is 0 Å². The molecule has 1 heterocycles. The second-order valence-corrected chi connectivity index (χ2v) is 9.36. The van der Waals surface area contributed by atoms with Gasteiger partial charge in [0, 0.05) is 19.2 Å². The Morgan fingerprint density at radius 2 is 1.79 bits per heavy atom. The van der Waals surface area contributed by atoms with Crippen molar-refractivity contribution in [1.29, 1.82) is 0 Å². The molecule has 1 aromatic carbocycles. The monoisotopic (exact) mass is 423 g/mol. The summed E-state index contributed by atoms with van der Waals surface area (Å²) in [5.74, 6) is -0.657. The molecule has 2 N–H and O–H groups in total. The standard InChI is InChI=1S/C20H29N3O5S/c24-19(22-16-7-4-5-8-16)15-23(14-17-9-6-12-28-17)20(25)13-21-29(26,27)18-10-2-1-3-11-18/h1-3,10-11,16-17,21H,4-9,12-15H2,(H,22,24). The first-order chi connectivity index (χ1) is 13.9. The van der Waals surface area contributed by atoms with E-state index < -0.39 is 22.5 Å². The van der Waals surface area contributed by atoms with E-state index in [0.29, 0.717) is 6.61 Å². The number of benzene rings is 1. The summed E-state index contributed by atoms with van der Waals surface area (Å²) in [5.41, 5.74) is 0. The Labute approximate surface area is 172 Å². The maximum absolute atomic E-state index is 12.7. The Balaban J connectivity index is 1.59. The van der Waals surface area contributed by atoms with Crippen LogP contribution in [0.2, 0.25) is 0 Å². The smallest absolute Gasteiger partial charge is 0.241 e. The number of hydrogen-bond donors (Lipinski definition) is 2. The molecule has 29 heavy (non-hydrogen) atoms. The van der Waals surface area contributed by atoms with Gasteiger partial charge in [-0.25, -0.2) is 13.1 Å². The number of nitrogens with one attached hydrogen (secondary N) is 2. The van der Waals surface area contributed by atoms with Gasteiger partial charge in [0.25, 0.3) is 0 Å². The maximum Gasteiger partial charge on any atom is 0.241 e. The second kappa shape index (κ2) is 10.2. The fraction of sp³-hybridized carbons (Fsp3) is 0.600. The quantitative estimate of drug-likeness (QED) is 0.617. The largest absolute Gasteiger partial charge is 0.376 e. The fourth-order valence-corrected chi connectivity index (χ4v) is 4.75. The van der Waals surface area contributed by atoms with Crippen molar-refractivity contribution in [3.05, 3.63) is 30.3 Å². The molecule has 0 aromatic heterocycles. The summed E-state index contributed by atoms with van der Waals surface area (Å²) in [6.07, 6.45) is 5.75. The molecule has 2 aliphatic rings. The minimum Gasteiger partial charge on any atom is -0.376 e. The van der Waals surface area contributed by atoms with E-state index in [1.165, 1.54) is 17.0 Å². The van der Waals surface area contributed by atoms with Crippen molar-refractivity contribution in [3.8, 4) is 0 Å². The number of sulfonamides is 1. The third-order valence-corrected chi connectivity index (χ3v) is 6.74. The molecular weight excluding hydrogens is 394 g/mol. The molecule has 3 rings (SSSR count). The van der Waals surface area contributed by atoms with Crippen LogP contribution in [0.5, 0.6) is 0 Å². The Bertz CT molecular complexity index is 788. The third-order valence-electron chi connectivity index (χ3n) is 5.32. The van der Waals surface area contributed by atoms with Crippen molar-refractivity contribution in [2.75, 3.05) is 26.2 Å². The zero-order valence-electron chi connectivity index (χ0n) is 16.5. The van der Waals surface area contributed by atoms with Gasteiger partial charge in [-0.3, -0.25) is 9.59 Å². The maximum atomic E-state index is 12.7. The van der Waals surface area contributed by atoms with E-state index in [9.17, 15) is 18.0 Å². The lowest BCUT2D eigenvalue weighted by Gasteiger charge is -2.26. The molecule has 1 aromatic rings. The van der Waals surface area contributed by atoms with E-state index >= 15 is 0 Å². The predicted octanol–water partition coefficient (Wildman–Crippen LogP) is 1.03. The molecule has 1 saturated carbocycles. The summed E-state index contributed by atoms with van der Waals surface area (Å²) in [4.78, 5) is 26.7. The van der Waals surface area contributed by atoms with Gasteiger partial charge in [0.1, 0.15) is 0 Å². The molecular formula is C20H29N3O5S. The first kappa shape index (κ1) is 21.7. The molecule has 1 unspecified atom stereocenters. The highest BCUT2D eigenvalue weighted by Gasteiger charge is 2.26. The number of ether oxygens (including phenoxy) is 1. The van der Waals surface area contributed by atoms with Crippen molar-refractivity contribution in [2.24, 2.45) is 0 Å². The Morgan fingerprint density at radius 1 is 1.07 bits per heavy atom. The van der Waals surface area contributed by atoms with Crippen molar-refractivity contribution < 1.29 is 22.7 Å². The van der Waals surface area contributed by atoms with Crippen LogP contribution in [0.25, 0.3) is 0 Å². The van der Waals surface area contributed by atoms with Crippen LogP contribution >= 0.6 is 0 Å². The average molecular weight is 424 g/mol. The summed E-state index contributed by atoms with van der Waals surface area (Å²) < 4.78 is 32.7. The van der Waals surface area contributed by atoms with Crippen LogP contribution in [-0.4, -0.2) is 63.5 Å². The topological polar surface area (TPSA) is 105 Å². The van der Waals surface area contributed by atoms with Crippen LogP contribution in [0.4, 0.5) is 0 Å². The summed E-state index contributed by atoms with van der Waals surface area (Å²) >= 11 is 0. The van der Waals surface area contributed by atoms with Gasteiger partial charge in [-0.2, -0.15) is 0 Å². The van der Waals surface area contributed by atoms with Crippen molar-refractivity contribution in [1.82, 2.24) is 14.9 Å². The lowest BCUT2D eigenvalue weighted by atomic mass is 10.2. The Hall–Kier alpha value is -1.97. The van der Waals surface area contributed by atoms with Gasteiger partial charge in [0.05, 0.1) is 24.1 Å². The molecule has 1 saturated heterocycles. The molecule has 0 bridgehead atoms. The molecule has 1 aliphatic heterocycles. The lowest BCUT2D eigenvalue weighted by Crippen LogP contribution is -2.48. The second-order valence-electron chi connectivity index (χ2n) is 7.60.